The standard InChI is InChI=1S/C18H16Cl2FN3O4S2/c19-9-4-8(5-10(20)14(9)21)30-18-17(27)15(16(26)12(7-25)28-18)24-6-11(22-23-24)13-2-1-3-29-13/h1-6,12,15-18,25-27H,7H2. The number of nitrogens with zero attached hydrogens (tertiary/aromatic N) is 3. The van der Waals surface area contributed by atoms with Gasteiger partial charge in [-0.15, -0.1) is 16.4 Å². The summed E-state index contributed by atoms with van der Waals surface area (Å²) in [6.07, 6.45) is -1.82. The van der Waals surface area contributed by atoms with Crippen molar-refractivity contribution in [3.63, 3.8) is 0 Å². The van der Waals surface area contributed by atoms with Gasteiger partial charge in [0, 0.05) is 4.90 Å². The van der Waals surface area contributed by atoms with Crippen molar-refractivity contribution in [2.45, 2.75) is 34.7 Å². The summed E-state index contributed by atoms with van der Waals surface area (Å²) >= 11 is 14.2. The molecule has 0 saturated carbocycles. The molecule has 12 heteroatoms. The average molecular weight is 492 g/mol. The highest BCUT2D eigenvalue weighted by atomic mass is 35.5. The van der Waals surface area contributed by atoms with Gasteiger partial charge in [0.05, 0.1) is 27.7 Å². The monoisotopic (exact) mass is 491 g/mol. The molecular formula is C18H16Cl2FN3O4S2. The van der Waals surface area contributed by atoms with Gasteiger partial charge in [-0.2, -0.15) is 0 Å². The Morgan fingerprint density at radius 3 is 2.60 bits per heavy atom. The van der Waals surface area contributed by atoms with Crippen LogP contribution in [0.25, 0.3) is 10.6 Å². The van der Waals surface area contributed by atoms with E-state index in [1.807, 2.05) is 17.5 Å². The summed E-state index contributed by atoms with van der Waals surface area (Å²) in [6, 6.07) is 5.56. The van der Waals surface area contributed by atoms with Gasteiger partial charge in [0.1, 0.15) is 35.5 Å². The van der Waals surface area contributed by atoms with Gasteiger partial charge in [0.15, 0.2) is 5.82 Å². The minimum atomic E-state index is -1.24. The van der Waals surface area contributed by atoms with Crippen molar-refractivity contribution in [2.75, 3.05) is 6.61 Å². The number of aliphatic hydroxyl groups excluding tert-OH is 3. The van der Waals surface area contributed by atoms with Gasteiger partial charge in [0.2, 0.25) is 0 Å². The molecule has 1 saturated heterocycles. The van der Waals surface area contributed by atoms with E-state index in [0.717, 1.165) is 16.6 Å². The third kappa shape index (κ3) is 4.23. The van der Waals surface area contributed by atoms with Crippen LogP contribution in [-0.2, 0) is 4.74 Å². The number of ether oxygens (including phenoxy) is 1. The molecule has 5 atom stereocenters. The Morgan fingerprint density at radius 2 is 1.97 bits per heavy atom. The second kappa shape index (κ2) is 9.09. The summed E-state index contributed by atoms with van der Waals surface area (Å²) in [5.41, 5.74) is -0.319. The summed E-state index contributed by atoms with van der Waals surface area (Å²) in [4.78, 5) is 1.35. The highest BCUT2D eigenvalue weighted by Gasteiger charge is 2.46. The molecule has 30 heavy (non-hydrogen) atoms. The molecule has 0 aliphatic carbocycles. The predicted molar refractivity (Wildman–Crippen MR) is 112 cm³/mol. The Balaban J connectivity index is 1.62. The van der Waals surface area contributed by atoms with Crippen LogP contribution in [0, 0.1) is 5.82 Å². The molecule has 3 heterocycles. The maximum Gasteiger partial charge on any atom is 0.160 e. The largest absolute Gasteiger partial charge is 0.394 e. The van der Waals surface area contributed by atoms with Crippen LogP contribution in [0.3, 0.4) is 0 Å². The van der Waals surface area contributed by atoms with Crippen LogP contribution >= 0.6 is 46.3 Å². The first-order chi connectivity index (χ1) is 14.4. The van der Waals surface area contributed by atoms with Gasteiger partial charge in [-0.3, -0.25) is 0 Å². The average Bonchev–Trinajstić information content (AvgIpc) is 3.40. The van der Waals surface area contributed by atoms with Crippen LogP contribution in [0.1, 0.15) is 6.04 Å². The van der Waals surface area contributed by atoms with Gasteiger partial charge < -0.3 is 20.1 Å². The minimum absolute atomic E-state index is 0.164. The highest BCUT2D eigenvalue weighted by molar-refractivity contribution is 7.99. The van der Waals surface area contributed by atoms with Crippen LogP contribution in [0.2, 0.25) is 10.0 Å². The molecule has 7 nitrogen and oxygen atoms in total. The summed E-state index contributed by atoms with van der Waals surface area (Å²) in [5.74, 6) is -0.738. The molecule has 160 valence electrons. The van der Waals surface area contributed by atoms with Gasteiger partial charge in [-0.1, -0.05) is 46.2 Å². The first-order valence-corrected chi connectivity index (χ1v) is 11.3. The van der Waals surface area contributed by atoms with E-state index in [1.54, 1.807) is 6.20 Å². The van der Waals surface area contributed by atoms with E-state index in [4.69, 9.17) is 27.9 Å². The maximum atomic E-state index is 13.7. The Bertz CT molecular complexity index is 1000. The first-order valence-electron chi connectivity index (χ1n) is 8.78. The molecule has 3 aromatic rings. The molecule has 5 unspecified atom stereocenters. The third-order valence-corrected chi connectivity index (χ3v) is 7.22. The molecule has 3 N–H and O–H groups in total. The minimum Gasteiger partial charge on any atom is -0.394 e. The molecule has 2 aromatic heterocycles. The lowest BCUT2D eigenvalue weighted by Crippen LogP contribution is -2.55. The Hall–Kier alpha value is -1.24. The lowest BCUT2D eigenvalue weighted by atomic mass is 9.97. The smallest absolute Gasteiger partial charge is 0.160 e. The van der Waals surface area contributed by atoms with E-state index < -0.39 is 42.2 Å². The molecule has 1 aromatic carbocycles. The Morgan fingerprint density at radius 1 is 1.23 bits per heavy atom. The van der Waals surface area contributed by atoms with Crippen molar-refractivity contribution in [1.29, 1.82) is 0 Å². The Labute approximate surface area is 189 Å². The Kier molecular flexibility index (Phi) is 6.66. The number of aromatic nitrogens is 3. The van der Waals surface area contributed by atoms with Crippen molar-refractivity contribution >= 4 is 46.3 Å². The number of thiophene rings is 1. The fourth-order valence-corrected chi connectivity index (χ4v) is 5.60. The van der Waals surface area contributed by atoms with Crippen LogP contribution in [0.15, 0.2) is 40.7 Å². The third-order valence-electron chi connectivity index (χ3n) is 4.65. The van der Waals surface area contributed by atoms with E-state index in [2.05, 4.69) is 10.3 Å². The van der Waals surface area contributed by atoms with Gasteiger partial charge in [0.25, 0.3) is 0 Å². The molecule has 1 aliphatic heterocycles. The second-order valence-corrected chi connectivity index (χ2v) is 9.51. The SMILES string of the molecule is OCC1OC(Sc2cc(Cl)c(F)c(Cl)c2)C(O)C(n2cc(-c3cccs3)nn2)C1O. The quantitative estimate of drug-likeness (QED) is 0.471. The van der Waals surface area contributed by atoms with E-state index in [-0.39, 0.29) is 10.0 Å². The number of benzene rings is 1. The lowest BCUT2D eigenvalue weighted by molar-refractivity contribution is -0.178. The van der Waals surface area contributed by atoms with E-state index in [0.29, 0.717) is 10.6 Å². The molecule has 0 bridgehead atoms. The molecule has 0 radical (unpaired) electrons. The topological polar surface area (TPSA) is 101 Å². The van der Waals surface area contributed by atoms with E-state index >= 15 is 0 Å². The fourth-order valence-electron chi connectivity index (χ4n) is 3.17. The first kappa shape index (κ1) is 22.0. The number of thioether (sulfide) groups is 1. The van der Waals surface area contributed by atoms with Gasteiger partial charge in [-0.25, -0.2) is 9.07 Å². The zero-order valence-electron chi connectivity index (χ0n) is 15.1. The summed E-state index contributed by atoms with van der Waals surface area (Å²) < 4.78 is 20.7. The number of rotatable bonds is 5. The predicted octanol–water partition coefficient (Wildman–Crippen LogP) is 3.22. The van der Waals surface area contributed by atoms with Crippen molar-refractivity contribution in [3.8, 4) is 10.6 Å². The summed E-state index contributed by atoms with van der Waals surface area (Å²) in [6.45, 7) is -0.473. The number of halogens is 3. The maximum absolute atomic E-state index is 13.7. The zero-order valence-corrected chi connectivity index (χ0v) is 18.2. The molecule has 0 amide bonds. The lowest BCUT2D eigenvalue weighted by Gasteiger charge is -2.41. The summed E-state index contributed by atoms with van der Waals surface area (Å²) in [5, 5.41) is 41.0. The number of hydrogen-bond acceptors (Lipinski definition) is 8. The second-order valence-electron chi connectivity index (χ2n) is 6.58. The van der Waals surface area contributed by atoms with Crippen LogP contribution < -0.4 is 0 Å². The highest BCUT2D eigenvalue weighted by Crippen LogP contribution is 2.40. The van der Waals surface area contributed by atoms with Crippen molar-refractivity contribution < 1.29 is 24.4 Å². The molecule has 4 rings (SSSR count). The normalized spacial score (nSPS) is 26.8. The van der Waals surface area contributed by atoms with Gasteiger partial charge >= 0.3 is 0 Å². The zero-order chi connectivity index (χ0) is 21.4. The van der Waals surface area contributed by atoms with Crippen LogP contribution in [0.4, 0.5) is 4.39 Å². The van der Waals surface area contributed by atoms with Crippen molar-refractivity contribution in [2.24, 2.45) is 0 Å². The van der Waals surface area contributed by atoms with E-state index in [1.165, 1.54) is 28.2 Å². The molecule has 1 aliphatic rings. The van der Waals surface area contributed by atoms with Crippen molar-refractivity contribution in [3.05, 3.63) is 51.7 Å². The van der Waals surface area contributed by atoms with Crippen LogP contribution in [0.5, 0.6) is 0 Å². The van der Waals surface area contributed by atoms with E-state index in [9.17, 15) is 19.7 Å². The summed E-state index contributed by atoms with van der Waals surface area (Å²) in [7, 11) is 0. The molecule has 0 spiro atoms. The number of aliphatic hydroxyl groups is 3. The number of hydrogen-bond donors (Lipinski definition) is 3. The fraction of sp³-hybridized carbons (Fsp3) is 0.333. The molecular weight excluding hydrogens is 476 g/mol. The van der Waals surface area contributed by atoms with Crippen molar-refractivity contribution in [1.82, 2.24) is 15.0 Å². The molecule has 1 fully saturated rings. The van der Waals surface area contributed by atoms with Crippen LogP contribution in [-0.4, -0.2) is 60.7 Å². The van der Waals surface area contributed by atoms with Gasteiger partial charge in [-0.05, 0) is 23.6 Å².